The zero-order chi connectivity index (χ0) is 13.1. The van der Waals surface area contributed by atoms with Gasteiger partial charge in [-0.3, -0.25) is 4.79 Å². The molecule has 1 unspecified atom stereocenters. The molecule has 0 bridgehead atoms. The lowest BCUT2D eigenvalue weighted by atomic mass is 10.2. The van der Waals surface area contributed by atoms with Crippen molar-refractivity contribution in [2.45, 2.75) is 19.4 Å². The summed E-state index contributed by atoms with van der Waals surface area (Å²) < 4.78 is 0. The number of nitrogen functional groups attached to an aromatic ring is 1. The Bertz CT molecular complexity index is 435. The number of nitrogens with two attached hydrogens (primary N) is 1. The van der Waals surface area contributed by atoms with Gasteiger partial charge in [0.25, 0.3) is 5.91 Å². The van der Waals surface area contributed by atoms with Crippen molar-refractivity contribution in [3.63, 3.8) is 0 Å². The number of pyridine rings is 1. The Morgan fingerprint density at radius 2 is 2.22 bits per heavy atom. The SMILES string of the molecule is CC1CN(C)CCCN1C(=O)c1cccc(N)n1. The quantitative estimate of drug-likeness (QED) is 0.799. The number of rotatable bonds is 1. The van der Waals surface area contributed by atoms with E-state index < -0.39 is 0 Å². The molecule has 0 saturated carbocycles. The van der Waals surface area contributed by atoms with E-state index >= 15 is 0 Å². The van der Waals surface area contributed by atoms with Gasteiger partial charge in [0.2, 0.25) is 0 Å². The Labute approximate surface area is 108 Å². The number of amides is 1. The van der Waals surface area contributed by atoms with Gasteiger partial charge < -0.3 is 15.5 Å². The van der Waals surface area contributed by atoms with Crippen molar-refractivity contribution in [1.82, 2.24) is 14.8 Å². The minimum atomic E-state index is -0.0231. The average Bonchev–Trinajstić information content (AvgIpc) is 2.49. The Balaban J connectivity index is 2.17. The summed E-state index contributed by atoms with van der Waals surface area (Å²) in [6, 6.07) is 5.38. The van der Waals surface area contributed by atoms with Crippen LogP contribution in [0.1, 0.15) is 23.8 Å². The molecule has 1 aliphatic heterocycles. The molecule has 2 rings (SSSR count). The molecular weight excluding hydrogens is 228 g/mol. The van der Waals surface area contributed by atoms with Crippen LogP contribution >= 0.6 is 0 Å². The summed E-state index contributed by atoms with van der Waals surface area (Å²) in [4.78, 5) is 20.7. The maximum atomic E-state index is 12.4. The highest BCUT2D eigenvalue weighted by Crippen LogP contribution is 2.13. The molecule has 0 aromatic carbocycles. The summed E-state index contributed by atoms with van der Waals surface area (Å²) in [5.74, 6) is 0.366. The van der Waals surface area contributed by atoms with Crippen LogP contribution < -0.4 is 5.73 Å². The summed E-state index contributed by atoms with van der Waals surface area (Å²) in [6.07, 6.45) is 0.995. The maximum Gasteiger partial charge on any atom is 0.272 e. The zero-order valence-corrected chi connectivity index (χ0v) is 11.0. The minimum absolute atomic E-state index is 0.0231. The van der Waals surface area contributed by atoms with Crippen LogP contribution in [0.15, 0.2) is 18.2 Å². The second-order valence-electron chi connectivity index (χ2n) is 4.91. The van der Waals surface area contributed by atoms with E-state index in [0.29, 0.717) is 11.5 Å². The smallest absolute Gasteiger partial charge is 0.272 e. The van der Waals surface area contributed by atoms with Gasteiger partial charge in [-0.25, -0.2) is 4.98 Å². The van der Waals surface area contributed by atoms with Gasteiger partial charge in [0.1, 0.15) is 11.5 Å². The van der Waals surface area contributed by atoms with Crippen molar-refractivity contribution >= 4 is 11.7 Å². The lowest BCUT2D eigenvalue weighted by Crippen LogP contribution is -2.42. The number of carbonyl (C=O) groups is 1. The lowest BCUT2D eigenvalue weighted by Gasteiger charge is -2.27. The highest BCUT2D eigenvalue weighted by molar-refractivity contribution is 5.92. The highest BCUT2D eigenvalue weighted by atomic mass is 16.2. The van der Waals surface area contributed by atoms with E-state index in [2.05, 4.69) is 23.9 Å². The lowest BCUT2D eigenvalue weighted by molar-refractivity contribution is 0.0690. The Hall–Kier alpha value is -1.62. The zero-order valence-electron chi connectivity index (χ0n) is 11.0. The van der Waals surface area contributed by atoms with E-state index in [4.69, 9.17) is 5.73 Å². The first-order valence-corrected chi connectivity index (χ1v) is 6.30. The van der Waals surface area contributed by atoms with Crippen LogP contribution in [0.5, 0.6) is 0 Å². The molecule has 1 aromatic rings. The van der Waals surface area contributed by atoms with Gasteiger partial charge in [-0.15, -0.1) is 0 Å². The van der Waals surface area contributed by atoms with Crippen molar-refractivity contribution < 1.29 is 4.79 Å². The number of carbonyl (C=O) groups excluding carboxylic acids is 1. The molecule has 5 nitrogen and oxygen atoms in total. The molecule has 2 N–H and O–H groups in total. The fourth-order valence-corrected chi connectivity index (χ4v) is 2.39. The first-order chi connectivity index (χ1) is 8.58. The van der Waals surface area contributed by atoms with Crippen molar-refractivity contribution in [2.75, 3.05) is 32.4 Å². The Kier molecular flexibility index (Phi) is 3.81. The van der Waals surface area contributed by atoms with E-state index in [9.17, 15) is 4.79 Å². The van der Waals surface area contributed by atoms with Crippen molar-refractivity contribution in [2.24, 2.45) is 0 Å². The van der Waals surface area contributed by atoms with Crippen LogP contribution in [0, 0.1) is 0 Å². The summed E-state index contributed by atoms with van der Waals surface area (Å²) in [5, 5.41) is 0. The molecule has 2 heterocycles. The largest absolute Gasteiger partial charge is 0.384 e. The highest BCUT2D eigenvalue weighted by Gasteiger charge is 2.25. The molecule has 0 aliphatic carbocycles. The predicted octanol–water partition coefficient (Wildman–Crippen LogP) is 0.830. The number of aromatic nitrogens is 1. The standard InChI is InChI=1S/C13H20N4O/c1-10-9-16(2)7-4-8-17(10)13(18)11-5-3-6-12(14)15-11/h3,5-6,10H,4,7-9H2,1-2H3,(H2,14,15). The molecule has 1 saturated heterocycles. The van der Waals surface area contributed by atoms with Gasteiger partial charge in [-0.05, 0) is 39.1 Å². The molecule has 98 valence electrons. The van der Waals surface area contributed by atoms with E-state index in [1.807, 2.05) is 4.90 Å². The van der Waals surface area contributed by atoms with Crippen LogP contribution in [-0.2, 0) is 0 Å². The number of anilines is 1. The molecule has 5 heteroatoms. The normalized spacial score (nSPS) is 21.7. The average molecular weight is 248 g/mol. The topological polar surface area (TPSA) is 62.5 Å². The van der Waals surface area contributed by atoms with Crippen molar-refractivity contribution in [3.8, 4) is 0 Å². The molecule has 1 atom stereocenters. The van der Waals surface area contributed by atoms with E-state index in [1.54, 1.807) is 18.2 Å². The first kappa shape index (κ1) is 12.8. The summed E-state index contributed by atoms with van der Waals surface area (Å²) in [5.41, 5.74) is 6.06. The third-order valence-electron chi connectivity index (χ3n) is 3.30. The summed E-state index contributed by atoms with van der Waals surface area (Å²) in [7, 11) is 2.09. The summed E-state index contributed by atoms with van der Waals surface area (Å²) >= 11 is 0. The Morgan fingerprint density at radius 1 is 1.44 bits per heavy atom. The number of hydrogen-bond donors (Lipinski definition) is 1. The second kappa shape index (κ2) is 5.35. The van der Waals surface area contributed by atoms with E-state index in [0.717, 1.165) is 26.1 Å². The van der Waals surface area contributed by atoms with Gasteiger partial charge >= 0.3 is 0 Å². The number of likely N-dealkylation sites (N-methyl/N-ethyl adjacent to an activating group) is 1. The molecule has 1 amide bonds. The minimum Gasteiger partial charge on any atom is -0.384 e. The Morgan fingerprint density at radius 3 is 2.94 bits per heavy atom. The van der Waals surface area contributed by atoms with Crippen LogP contribution in [-0.4, -0.2) is 53.4 Å². The molecule has 18 heavy (non-hydrogen) atoms. The molecule has 1 fully saturated rings. The molecule has 1 aromatic heterocycles. The van der Waals surface area contributed by atoms with Crippen molar-refractivity contribution in [1.29, 1.82) is 0 Å². The van der Waals surface area contributed by atoms with Gasteiger partial charge in [-0.2, -0.15) is 0 Å². The predicted molar refractivity (Wildman–Crippen MR) is 71.3 cm³/mol. The van der Waals surface area contributed by atoms with Crippen LogP contribution in [0.3, 0.4) is 0 Å². The van der Waals surface area contributed by atoms with Gasteiger partial charge in [0.15, 0.2) is 0 Å². The van der Waals surface area contributed by atoms with E-state index in [1.165, 1.54) is 0 Å². The van der Waals surface area contributed by atoms with Crippen LogP contribution in [0.2, 0.25) is 0 Å². The van der Waals surface area contributed by atoms with Gasteiger partial charge in [0, 0.05) is 19.1 Å². The second-order valence-corrected chi connectivity index (χ2v) is 4.91. The monoisotopic (exact) mass is 248 g/mol. The molecular formula is C13H20N4O. The fourth-order valence-electron chi connectivity index (χ4n) is 2.39. The van der Waals surface area contributed by atoms with Gasteiger partial charge in [-0.1, -0.05) is 6.07 Å². The fraction of sp³-hybridized carbons (Fsp3) is 0.538. The first-order valence-electron chi connectivity index (χ1n) is 6.30. The third kappa shape index (κ3) is 2.79. The molecule has 1 aliphatic rings. The van der Waals surface area contributed by atoms with Crippen molar-refractivity contribution in [3.05, 3.63) is 23.9 Å². The van der Waals surface area contributed by atoms with Crippen LogP contribution in [0.4, 0.5) is 5.82 Å². The summed E-state index contributed by atoms with van der Waals surface area (Å²) in [6.45, 7) is 4.78. The van der Waals surface area contributed by atoms with Crippen LogP contribution in [0.25, 0.3) is 0 Å². The van der Waals surface area contributed by atoms with Gasteiger partial charge in [0.05, 0.1) is 0 Å². The van der Waals surface area contributed by atoms with E-state index in [-0.39, 0.29) is 11.9 Å². The molecule has 0 spiro atoms. The molecule has 0 radical (unpaired) electrons. The maximum absolute atomic E-state index is 12.4. The number of hydrogen-bond acceptors (Lipinski definition) is 4. The number of nitrogens with zero attached hydrogens (tertiary/aromatic N) is 3. The third-order valence-corrected chi connectivity index (χ3v) is 3.30.